The lowest BCUT2D eigenvalue weighted by Gasteiger charge is -2.30. The van der Waals surface area contributed by atoms with E-state index in [2.05, 4.69) is 10.2 Å². The Hall–Kier alpha value is -1.61. The van der Waals surface area contributed by atoms with Gasteiger partial charge in [0.2, 0.25) is 5.89 Å². The summed E-state index contributed by atoms with van der Waals surface area (Å²) >= 11 is 7.02. The van der Waals surface area contributed by atoms with Gasteiger partial charge in [0.05, 0.1) is 9.21 Å². The number of amides is 1. The minimum absolute atomic E-state index is 0.0245. The van der Waals surface area contributed by atoms with Crippen molar-refractivity contribution in [1.29, 1.82) is 0 Å². The summed E-state index contributed by atoms with van der Waals surface area (Å²) in [6, 6.07) is 3.32. The molecule has 0 N–H and O–H groups in total. The van der Waals surface area contributed by atoms with Gasteiger partial charge in [-0.2, -0.15) is 13.2 Å². The molecule has 124 valence electrons. The predicted molar refractivity (Wildman–Crippen MR) is 76.5 cm³/mol. The third-order valence-corrected chi connectivity index (χ3v) is 4.82. The van der Waals surface area contributed by atoms with Gasteiger partial charge in [0, 0.05) is 19.0 Å². The van der Waals surface area contributed by atoms with E-state index in [-0.39, 0.29) is 17.7 Å². The number of carbonyl (C=O) groups is 1. The number of rotatable bonds is 2. The molecule has 1 aliphatic rings. The second-order valence-corrected chi connectivity index (χ2v) is 6.83. The molecule has 1 amide bonds. The van der Waals surface area contributed by atoms with Crippen molar-refractivity contribution >= 4 is 28.8 Å². The average Bonchev–Trinajstić information content (AvgIpc) is 3.15. The second-order valence-electron chi connectivity index (χ2n) is 5.11. The first-order valence-electron chi connectivity index (χ1n) is 6.80. The van der Waals surface area contributed by atoms with Crippen LogP contribution >= 0.6 is 22.9 Å². The number of likely N-dealkylation sites (tertiary alicyclic amines) is 1. The monoisotopic (exact) mass is 365 g/mol. The van der Waals surface area contributed by atoms with E-state index in [1.54, 1.807) is 17.0 Å². The zero-order valence-corrected chi connectivity index (χ0v) is 13.2. The number of carbonyl (C=O) groups excluding carboxylic acids is 1. The Kier molecular flexibility index (Phi) is 4.33. The number of thiophene rings is 1. The maximum absolute atomic E-state index is 12.5. The lowest BCUT2D eigenvalue weighted by Crippen LogP contribution is -2.37. The second kappa shape index (κ2) is 6.12. The molecule has 0 radical (unpaired) electrons. The highest BCUT2D eigenvalue weighted by atomic mass is 35.5. The Balaban J connectivity index is 1.62. The summed E-state index contributed by atoms with van der Waals surface area (Å²) in [6.07, 6.45) is -3.69. The van der Waals surface area contributed by atoms with E-state index in [1.807, 2.05) is 0 Å². The van der Waals surface area contributed by atoms with Crippen molar-refractivity contribution in [3.63, 3.8) is 0 Å². The first kappa shape index (κ1) is 16.3. The number of nitrogens with zero attached hydrogens (tertiary/aromatic N) is 3. The van der Waals surface area contributed by atoms with E-state index < -0.39 is 12.1 Å². The molecular formula is C13H11ClF3N3O2S. The molecule has 3 heterocycles. The Morgan fingerprint density at radius 3 is 2.52 bits per heavy atom. The van der Waals surface area contributed by atoms with Crippen LogP contribution in [0.2, 0.25) is 4.34 Å². The van der Waals surface area contributed by atoms with Gasteiger partial charge in [-0.25, -0.2) is 0 Å². The molecule has 0 atom stereocenters. The first-order chi connectivity index (χ1) is 10.8. The maximum Gasteiger partial charge on any atom is 0.470 e. The lowest BCUT2D eigenvalue weighted by atomic mass is 9.97. The minimum atomic E-state index is -4.64. The van der Waals surface area contributed by atoms with E-state index in [4.69, 9.17) is 16.0 Å². The Morgan fingerprint density at radius 2 is 2.00 bits per heavy atom. The summed E-state index contributed by atoms with van der Waals surface area (Å²) in [5.41, 5.74) is 0. The molecule has 0 saturated carbocycles. The SMILES string of the molecule is O=C(c1ccc(Cl)s1)N1CCC(c2nnc(C(F)(F)F)o2)CC1. The Labute approximate surface area is 138 Å². The average molecular weight is 366 g/mol. The van der Waals surface area contributed by atoms with E-state index in [0.717, 1.165) is 0 Å². The van der Waals surface area contributed by atoms with Crippen LogP contribution in [0.15, 0.2) is 16.5 Å². The zero-order valence-electron chi connectivity index (χ0n) is 11.6. The molecule has 5 nitrogen and oxygen atoms in total. The van der Waals surface area contributed by atoms with Crippen LogP contribution in [0, 0.1) is 0 Å². The number of halogens is 4. The van der Waals surface area contributed by atoms with Gasteiger partial charge < -0.3 is 9.32 Å². The Morgan fingerprint density at radius 1 is 1.30 bits per heavy atom. The molecular weight excluding hydrogens is 355 g/mol. The van der Waals surface area contributed by atoms with Crippen LogP contribution in [-0.4, -0.2) is 34.1 Å². The van der Waals surface area contributed by atoms with E-state index in [0.29, 0.717) is 35.1 Å². The number of aromatic nitrogens is 2. The third kappa shape index (κ3) is 3.50. The van der Waals surface area contributed by atoms with Crippen molar-refractivity contribution in [3.05, 3.63) is 33.1 Å². The minimum Gasteiger partial charge on any atom is -0.417 e. The third-order valence-electron chi connectivity index (χ3n) is 3.60. The van der Waals surface area contributed by atoms with Crippen LogP contribution in [0.5, 0.6) is 0 Å². The van der Waals surface area contributed by atoms with Crippen LogP contribution in [0.3, 0.4) is 0 Å². The van der Waals surface area contributed by atoms with Crippen LogP contribution in [0.1, 0.15) is 40.2 Å². The van der Waals surface area contributed by atoms with Crippen molar-refractivity contribution in [2.75, 3.05) is 13.1 Å². The molecule has 0 aliphatic carbocycles. The van der Waals surface area contributed by atoms with E-state index in [1.165, 1.54) is 11.3 Å². The van der Waals surface area contributed by atoms with Crippen LogP contribution in [-0.2, 0) is 6.18 Å². The van der Waals surface area contributed by atoms with Crippen molar-refractivity contribution < 1.29 is 22.4 Å². The lowest BCUT2D eigenvalue weighted by molar-refractivity contribution is -0.157. The molecule has 0 spiro atoms. The highest BCUT2D eigenvalue weighted by Gasteiger charge is 2.39. The zero-order chi connectivity index (χ0) is 16.6. The molecule has 2 aromatic heterocycles. The molecule has 10 heteroatoms. The highest BCUT2D eigenvalue weighted by Crippen LogP contribution is 2.33. The van der Waals surface area contributed by atoms with Crippen molar-refractivity contribution in [1.82, 2.24) is 15.1 Å². The summed E-state index contributed by atoms with van der Waals surface area (Å²) in [4.78, 5) is 14.5. The van der Waals surface area contributed by atoms with Crippen LogP contribution < -0.4 is 0 Å². The number of hydrogen-bond acceptors (Lipinski definition) is 5. The number of alkyl halides is 3. The van der Waals surface area contributed by atoms with Gasteiger partial charge in [-0.15, -0.1) is 21.5 Å². The molecule has 2 aromatic rings. The first-order valence-corrected chi connectivity index (χ1v) is 7.99. The smallest absolute Gasteiger partial charge is 0.417 e. The van der Waals surface area contributed by atoms with Crippen molar-refractivity contribution in [3.8, 4) is 0 Å². The fraction of sp³-hybridized carbons (Fsp3) is 0.462. The van der Waals surface area contributed by atoms with Gasteiger partial charge in [-0.05, 0) is 25.0 Å². The van der Waals surface area contributed by atoms with E-state index >= 15 is 0 Å². The standard InChI is InChI=1S/C13H11ClF3N3O2S/c14-9-2-1-8(23-9)11(21)20-5-3-7(4-6-20)10-18-19-12(22-10)13(15,16)17/h1-2,7H,3-6H2. The van der Waals surface area contributed by atoms with Crippen molar-refractivity contribution in [2.24, 2.45) is 0 Å². The normalized spacial score (nSPS) is 16.8. The largest absolute Gasteiger partial charge is 0.470 e. The van der Waals surface area contributed by atoms with Gasteiger partial charge in [-0.3, -0.25) is 4.79 Å². The van der Waals surface area contributed by atoms with Gasteiger partial charge in [0.25, 0.3) is 5.91 Å². The van der Waals surface area contributed by atoms with E-state index in [9.17, 15) is 18.0 Å². The predicted octanol–water partition coefficient (Wildman–Crippen LogP) is 3.82. The molecule has 3 rings (SSSR count). The summed E-state index contributed by atoms with van der Waals surface area (Å²) in [5, 5.41) is 6.51. The Bertz CT molecular complexity index is 707. The summed E-state index contributed by atoms with van der Waals surface area (Å²) in [5.74, 6) is -1.75. The molecule has 0 bridgehead atoms. The highest BCUT2D eigenvalue weighted by molar-refractivity contribution is 7.17. The summed E-state index contributed by atoms with van der Waals surface area (Å²) in [6.45, 7) is 0.839. The fourth-order valence-electron chi connectivity index (χ4n) is 2.43. The number of hydrogen-bond donors (Lipinski definition) is 0. The van der Waals surface area contributed by atoms with Gasteiger partial charge >= 0.3 is 12.1 Å². The quantitative estimate of drug-likeness (QED) is 0.811. The van der Waals surface area contributed by atoms with Gasteiger partial charge in [-0.1, -0.05) is 11.6 Å². The van der Waals surface area contributed by atoms with Gasteiger partial charge in [0.1, 0.15) is 0 Å². The molecule has 0 aromatic carbocycles. The molecule has 1 saturated heterocycles. The fourth-order valence-corrected chi connectivity index (χ4v) is 3.44. The molecule has 0 unspecified atom stereocenters. The molecule has 23 heavy (non-hydrogen) atoms. The summed E-state index contributed by atoms with van der Waals surface area (Å²) < 4.78 is 42.6. The number of piperidine rings is 1. The maximum atomic E-state index is 12.5. The van der Waals surface area contributed by atoms with Crippen molar-refractivity contribution in [2.45, 2.75) is 24.9 Å². The summed E-state index contributed by atoms with van der Waals surface area (Å²) in [7, 11) is 0. The topological polar surface area (TPSA) is 59.2 Å². The van der Waals surface area contributed by atoms with Crippen LogP contribution in [0.25, 0.3) is 0 Å². The molecule has 1 aliphatic heterocycles. The molecule has 1 fully saturated rings. The van der Waals surface area contributed by atoms with Gasteiger partial charge in [0.15, 0.2) is 0 Å². The van der Waals surface area contributed by atoms with Crippen LogP contribution in [0.4, 0.5) is 13.2 Å².